The first-order valence-corrected chi connectivity index (χ1v) is 12.7. The van der Waals surface area contributed by atoms with Gasteiger partial charge in [0.05, 0.1) is 17.1 Å². The third-order valence-electron chi connectivity index (χ3n) is 5.65. The van der Waals surface area contributed by atoms with E-state index in [0.717, 1.165) is 25.2 Å². The Morgan fingerprint density at radius 1 is 0.970 bits per heavy atom. The summed E-state index contributed by atoms with van der Waals surface area (Å²) in [5, 5.41) is 9.93. The minimum atomic E-state index is -3.89. The number of phenols is 1. The van der Waals surface area contributed by atoms with Crippen LogP contribution in [0.1, 0.15) is 18.4 Å². The van der Waals surface area contributed by atoms with E-state index in [2.05, 4.69) is 4.90 Å². The van der Waals surface area contributed by atoms with Gasteiger partial charge in [-0.2, -0.15) is 0 Å². The summed E-state index contributed by atoms with van der Waals surface area (Å²) in [7, 11) is -3.89. The summed E-state index contributed by atoms with van der Waals surface area (Å²) in [6.45, 7) is 3.82. The molecule has 0 atom stereocenters. The zero-order chi connectivity index (χ0) is 23.3. The van der Waals surface area contributed by atoms with E-state index in [4.69, 9.17) is 16.3 Å². The maximum atomic E-state index is 13.5. The Kier molecular flexibility index (Phi) is 7.42. The Balaban J connectivity index is 1.56. The lowest BCUT2D eigenvalue weighted by Crippen LogP contribution is -2.30. The first-order chi connectivity index (χ1) is 15.9. The maximum Gasteiger partial charge on any atom is 0.264 e. The molecule has 174 valence electrons. The van der Waals surface area contributed by atoms with E-state index in [-0.39, 0.29) is 17.2 Å². The van der Waals surface area contributed by atoms with Crippen molar-refractivity contribution in [2.24, 2.45) is 0 Å². The highest BCUT2D eigenvalue weighted by Gasteiger charge is 2.25. The number of hydrogen-bond acceptors (Lipinski definition) is 5. The summed E-state index contributed by atoms with van der Waals surface area (Å²) in [4.78, 5) is 2.49. The van der Waals surface area contributed by atoms with E-state index in [0.29, 0.717) is 23.1 Å². The second kappa shape index (κ2) is 10.5. The molecular formula is C25H27ClN2O4S. The Morgan fingerprint density at radius 2 is 1.67 bits per heavy atom. The van der Waals surface area contributed by atoms with E-state index in [9.17, 15) is 13.5 Å². The van der Waals surface area contributed by atoms with Gasteiger partial charge >= 0.3 is 0 Å². The van der Waals surface area contributed by atoms with Crippen molar-refractivity contribution in [3.8, 4) is 11.5 Å². The monoisotopic (exact) mass is 486 g/mol. The predicted octanol–water partition coefficient (Wildman–Crippen LogP) is 4.92. The fraction of sp³-hybridized carbons (Fsp3) is 0.280. The van der Waals surface area contributed by atoms with Crippen molar-refractivity contribution in [3.05, 3.63) is 83.4 Å². The minimum absolute atomic E-state index is 0.101. The molecule has 1 heterocycles. The van der Waals surface area contributed by atoms with Crippen LogP contribution in [0.25, 0.3) is 0 Å². The molecule has 0 amide bonds. The molecule has 1 aliphatic heterocycles. The zero-order valence-corrected chi connectivity index (χ0v) is 19.8. The van der Waals surface area contributed by atoms with E-state index >= 15 is 0 Å². The van der Waals surface area contributed by atoms with Crippen molar-refractivity contribution in [2.45, 2.75) is 24.3 Å². The molecular weight excluding hydrogens is 460 g/mol. The highest BCUT2D eigenvalue weighted by molar-refractivity contribution is 7.92. The number of halogens is 1. The lowest BCUT2D eigenvalue weighted by Gasteiger charge is -2.25. The first kappa shape index (κ1) is 23.4. The molecule has 1 N–H and O–H groups in total. The van der Waals surface area contributed by atoms with E-state index in [1.807, 2.05) is 0 Å². The molecule has 1 saturated heterocycles. The number of sulfonamides is 1. The number of benzene rings is 3. The van der Waals surface area contributed by atoms with Crippen LogP contribution in [-0.2, 0) is 16.6 Å². The molecule has 0 unspecified atom stereocenters. The number of ether oxygens (including phenoxy) is 1. The van der Waals surface area contributed by atoms with Crippen LogP contribution in [0.5, 0.6) is 11.5 Å². The largest absolute Gasteiger partial charge is 0.508 e. The minimum Gasteiger partial charge on any atom is -0.508 e. The van der Waals surface area contributed by atoms with Gasteiger partial charge in [0.25, 0.3) is 10.0 Å². The number of aromatic hydroxyl groups is 1. The molecule has 0 radical (unpaired) electrons. The second-order valence-corrected chi connectivity index (χ2v) is 10.3. The van der Waals surface area contributed by atoms with Gasteiger partial charge in [0.1, 0.15) is 18.1 Å². The molecule has 0 bridgehead atoms. The normalized spacial score (nSPS) is 14.3. The van der Waals surface area contributed by atoms with Gasteiger partial charge in [0, 0.05) is 11.6 Å². The molecule has 0 spiro atoms. The van der Waals surface area contributed by atoms with Crippen molar-refractivity contribution in [1.29, 1.82) is 0 Å². The van der Waals surface area contributed by atoms with Gasteiger partial charge in [-0.3, -0.25) is 9.21 Å². The maximum absolute atomic E-state index is 13.5. The third-order valence-corrected chi connectivity index (χ3v) is 7.65. The molecule has 3 aromatic rings. The van der Waals surface area contributed by atoms with Gasteiger partial charge in [-0.1, -0.05) is 29.8 Å². The summed E-state index contributed by atoms with van der Waals surface area (Å²) in [6, 6.07) is 19.8. The Morgan fingerprint density at radius 3 is 2.33 bits per heavy atom. The van der Waals surface area contributed by atoms with Crippen LogP contribution in [0.2, 0.25) is 5.02 Å². The highest BCUT2D eigenvalue weighted by atomic mass is 35.5. The Bertz CT molecular complexity index is 1160. The summed E-state index contributed by atoms with van der Waals surface area (Å²) in [5.74, 6) is 0.820. The smallest absolute Gasteiger partial charge is 0.264 e. The fourth-order valence-electron chi connectivity index (χ4n) is 3.84. The molecule has 1 fully saturated rings. The van der Waals surface area contributed by atoms with Crippen LogP contribution < -0.4 is 9.04 Å². The molecule has 0 saturated carbocycles. The number of hydrogen-bond donors (Lipinski definition) is 1. The van der Waals surface area contributed by atoms with Crippen LogP contribution in [-0.4, -0.2) is 44.7 Å². The van der Waals surface area contributed by atoms with Crippen LogP contribution in [0.4, 0.5) is 5.69 Å². The highest BCUT2D eigenvalue weighted by Crippen LogP contribution is 2.29. The SMILES string of the molecule is O=S(=O)(c1cccc(Cl)c1)N(Cc1ccc(O)cc1)c1ccc(OCCN2CCCC2)cc1. The molecule has 3 aromatic carbocycles. The van der Waals surface area contributed by atoms with Gasteiger partial charge in [-0.25, -0.2) is 8.42 Å². The number of anilines is 1. The average molecular weight is 487 g/mol. The molecule has 33 heavy (non-hydrogen) atoms. The number of nitrogens with zero attached hydrogens (tertiary/aromatic N) is 2. The summed E-state index contributed by atoms with van der Waals surface area (Å²) in [5.41, 5.74) is 1.25. The van der Waals surface area contributed by atoms with Gasteiger partial charge in [0.15, 0.2) is 0 Å². The topological polar surface area (TPSA) is 70.1 Å². The lowest BCUT2D eigenvalue weighted by atomic mass is 10.2. The molecule has 0 aliphatic carbocycles. The molecule has 8 heteroatoms. The predicted molar refractivity (Wildman–Crippen MR) is 131 cm³/mol. The zero-order valence-electron chi connectivity index (χ0n) is 18.2. The van der Waals surface area contributed by atoms with Crippen molar-refractivity contribution in [1.82, 2.24) is 4.90 Å². The van der Waals surface area contributed by atoms with Crippen LogP contribution in [0.15, 0.2) is 77.7 Å². The van der Waals surface area contributed by atoms with Crippen molar-refractivity contribution in [2.75, 3.05) is 30.5 Å². The van der Waals surface area contributed by atoms with Gasteiger partial charge < -0.3 is 9.84 Å². The van der Waals surface area contributed by atoms with Crippen LogP contribution in [0, 0.1) is 0 Å². The molecule has 4 rings (SSSR count). The van der Waals surface area contributed by atoms with E-state index in [1.165, 1.54) is 41.4 Å². The number of rotatable bonds is 9. The van der Waals surface area contributed by atoms with Crippen LogP contribution in [0.3, 0.4) is 0 Å². The molecule has 6 nitrogen and oxygen atoms in total. The fourth-order valence-corrected chi connectivity index (χ4v) is 5.60. The van der Waals surface area contributed by atoms with Gasteiger partial charge in [-0.05, 0) is 86.1 Å². The number of likely N-dealkylation sites (tertiary alicyclic amines) is 1. The van der Waals surface area contributed by atoms with Crippen molar-refractivity contribution < 1.29 is 18.3 Å². The summed E-state index contributed by atoms with van der Waals surface area (Å²) in [6.07, 6.45) is 2.49. The second-order valence-electron chi connectivity index (χ2n) is 8.03. The average Bonchev–Trinajstić information content (AvgIpc) is 3.33. The van der Waals surface area contributed by atoms with E-state index < -0.39 is 10.0 Å². The van der Waals surface area contributed by atoms with Crippen molar-refractivity contribution in [3.63, 3.8) is 0 Å². The van der Waals surface area contributed by atoms with Crippen LogP contribution >= 0.6 is 11.6 Å². The molecule has 1 aliphatic rings. The number of phenolic OH excluding ortho intramolecular Hbond substituents is 1. The van der Waals surface area contributed by atoms with E-state index in [1.54, 1.807) is 48.5 Å². The standard InChI is InChI=1S/C25H27ClN2O4S/c26-21-4-3-5-25(18-21)33(30,31)28(19-20-6-10-23(29)11-7-20)22-8-12-24(13-9-22)32-17-16-27-14-1-2-15-27/h3-13,18,29H,1-2,14-17,19H2. The van der Waals surface area contributed by atoms with Crippen molar-refractivity contribution >= 4 is 27.3 Å². The summed E-state index contributed by atoms with van der Waals surface area (Å²) >= 11 is 6.06. The Hall–Kier alpha value is -2.74. The lowest BCUT2D eigenvalue weighted by molar-refractivity contribution is 0.238. The summed E-state index contributed by atoms with van der Waals surface area (Å²) < 4.78 is 34.3. The first-order valence-electron chi connectivity index (χ1n) is 10.9. The Labute approximate surface area is 200 Å². The quantitative estimate of drug-likeness (QED) is 0.465. The molecule has 0 aromatic heterocycles. The van der Waals surface area contributed by atoms with Gasteiger partial charge in [0.2, 0.25) is 0 Å². The third kappa shape index (κ3) is 5.99. The van der Waals surface area contributed by atoms with Gasteiger partial charge in [-0.15, -0.1) is 0 Å².